The predicted molar refractivity (Wildman–Crippen MR) is 106 cm³/mol. The van der Waals surface area contributed by atoms with Gasteiger partial charge in [0.2, 0.25) is 6.79 Å². The van der Waals surface area contributed by atoms with Crippen LogP contribution in [0.5, 0.6) is 17.2 Å². The highest BCUT2D eigenvalue weighted by atomic mass is 16.7. The summed E-state index contributed by atoms with van der Waals surface area (Å²) in [5.41, 5.74) is 3.19. The molecule has 0 aromatic heterocycles. The molecule has 4 rings (SSSR count). The number of carbonyl (C=O) groups is 1. The SMILES string of the molecule is C[C@@H](Oc1ccc(-c2ccccc2)cc1)C(=O)NCc1ccc2c(c1)OCO2. The quantitative estimate of drug-likeness (QED) is 0.703. The normalized spacial score (nSPS) is 13.0. The van der Waals surface area contributed by atoms with Gasteiger partial charge in [-0.15, -0.1) is 0 Å². The Hall–Kier alpha value is -3.47. The van der Waals surface area contributed by atoms with E-state index in [0.717, 1.165) is 22.4 Å². The van der Waals surface area contributed by atoms with Crippen LogP contribution in [0.3, 0.4) is 0 Å². The van der Waals surface area contributed by atoms with Crippen molar-refractivity contribution < 1.29 is 19.0 Å². The summed E-state index contributed by atoms with van der Waals surface area (Å²) in [6.07, 6.45) is -0.600. The van der Waals surface area contributed by atoms with Gasteiger partial charge in [-0.3, -0.25) is 4.79 Å². The van der Waals surface area contributed by atoms with Crippen LogP contribution in [0.15, 0.2) is 72.8 Å². The number of rotatable bonds is 6. The minimum absolute atomic E-state index is 0.176. The smallest absolute Gasteiger partial charge is 0.261 e. The van der Waals surface area contributed by atoms with Crippen molar-refractivity contribution in [3.05, 3.63) is 78.4 Å². The first-order valence-electron chi connectivity index (χ1n) is 9.17. The van der Waals surface area contributed by atoms with Gasteiger partial charge in [0.1, 0.15) is 5.75 Å². The third-order valence-electron chi connectivity index (χ3n) is 4.55. The van der Waals surface area contributed by atoms with E-state index in [2.05, 4.69) is 17.4 Å². The maximum Gasteiger partial charge on any atom is 0.261 e. The molecule has 0 bridgehead atoms. The summed E-state index contributed by atoms with van der Waals surface area (Å²) in [7, 11) is 0. The Labute approximate surface area is 163 Å². The fourth-order valence-corrected chi connectivity index (χ4v) is 3.00. The summed E-state index contributed by atoms with van der Waals surface area (Å²) < 4.78 is 16.4. The second-order valence-electron chi connectivity index (χ2n) is 6.56. The molecule has 5 nitrogen and oxygen atoms in total. The van der Waals surface area contributed by atoms with Crippen LogP contribution in [0.1, 0.15) is 12.5 Å². The van der Waals surface area contributed by atoms with Crippen LogP contribution >= 0.6 is 0 Å². The van der Waals surface area contributed by atoms with Crippen LogP contribution in [0.2, 0.25) is 0 Å². The molecular weight excluding hydrogens is 354 g/mol. The van der Waals surface area contributed by atoms with E-state index in [4.69, 9.17) is 14.2 Å². The summed E-state index contributed by atoms with van der Waals surface area (Å²) in [6.45, 7) is 2.37. The molecule has 3 aromatic rings. The number of carbonyl (C=O) groups excluding carboxylic acids is 1. The molecule has 0 saturated carbocycles. The number of hydrogen-bond donors (Lipinski definition) is 1. The molecule has 5 heteroatoms. The molecule has 3 aromatic carbocycles. The maximum atomic E-state index is 12.4. The topological polar surface area (TPSA) is 56.8 Å². The monoisotopic (exact) mass is 375 g/mol. The molecule has 1 amide bonds. The van der Waals surface area contributed by atoms with Crippen molar-refractivity contribution in [1.82, 2.24) is 5.32 Å². The largest absolute Gasteiger partial charge is 0.481 e. The first kappa shape index (κ1) is 17.9. The first-order chi connectivity index (χ1) is 13.7. The Kier molecular flexibility index (Phi) is 5.15. The number of amides is 1. The van der Waals surface area contributed by atoms with E-state index in [0.29, 0.717) is 18.0 Å². The van der Waals surface area contributed by atoms with Gasteiger partial charge < -0.3 is 19.5 Å². The van der Waals surface area contributed by atoms with Crippen molar-refractivity contribution >= 4 is 5.91 Å². The first-order valence-corrected chi connectivity index (χ1v) is 9.17. The van der Waals surface area contributed by atoms with Crippen LogP contribution < -0.4 is 19.5 Å². The average molecular weight is 375 g/mol. The molecule has 0 aliphatic carbocycles. The zero-order valence-electron chi connectivity index (χ0n) is 15.6. The number of ether oxygens (including phenoxy) is 3. The molecule has 142 valence electrons. The van der Waals surface area contributed by atoms with Crippen molar-refractivity contribution in [2.75, 3.05) is 6.79 Å². The number of fused-ring (bicyclic) bond motifs is 1. The summed E-state index contributed by atoms with van der Waals surface area (Å²) in [4.78, 5) is 12.4. The molecule has 0 saturated heterocycles. The lowest BCUT2D eigenvalue weighted by atomic mass is 10.1. The van der Waals surface area contributed by atoms with Gasteiger partial charge in [0.25, 0.3) is 5.91 Å². The van der Waals surface area contributed by atoms with Crippen molar-refractivity contribution in [2.24, 2.45) is 0 Å². The molecule has 1 N–H and O–H groups in total. The van der Waals surface area contributed by atoms with E-state index in [1.807, 2.05) is 60.7 Å². The van der Waals surface area contributed by atoms with Gasteiger partial charge in [0.05, 0.1) is 0 Å². The Bertz CT molecular complexity index is 954. The summed E-state index contributed by atoms with van der Waals surface area (Å²) in [5.74, 6) is 1.91. The lowest BCUT2D eigenvalue weighted by molar-refractivity contribution is -0.127. The third kappa shape index (κ3) is 4.09. The van der Waals surface area contributed by atoms with E-state index in [1.54, 1.807) is 6.92 Å². The van der Waals surface area contributed by atoms with Crippen LogP contribution in [-0.2, 0) is 11.3 Å². The minimum Gasteiger partial charge on any atom is -0.481 e. The maximum absolute atomic E-state index is 12.4. The second kappa shape index (κ2) is 8.05. The highest BCUT2D eigenvalue weighted by molar-refractivity contribution is 5.80. The van der Waals surface area contributed by atoms with Gasteiger partial charge in [-0.05, 0) is 47.9 Å². The Morgan fingerprint density at radius 2 is 1.68 bits per heavy atom. The summed E-state index contributed by atoms with van der Waals surface area (Å²) in [5, 5.41) is 2.89. The molecular formula is C23H21NO4. The lowest BCUT2D eigenvalue weighted by Gasteiger charge is -2.15. The molecule has 1 aliphatic heterocycles. The standard InChI is InChI=1S/C23H21NO4/c1-16(23(25)24-14-17-7-12-21-22(13-17)27-15-26-21)28-20-10-8-19(9-11-20)18-5-3-2-4-6-18/h2-13,16H,14-15H2,1H3,(H,24,25)/t16-/m1/s1. The van der Waals surface area contributed by atoms with E-state index >= 15 is 0 Å². The highest BCUT2D eigenvalue weighted by Crippen LogP contribution is 2.32. The summed E-state index contributed by atoms with van der Waals surface area (Å²) in [6, 6.07) is 23.5. The molecule has 0 spiro atoms. The van der Waals surface area contributed by atoms with E-state index in [9.17, 15) is 4.79 Å². The van der Waals surface area contributed by atoms with E-state index < -0.39 is 6.10 Å². The number of hydrogen-bond acceptors (Lipinski definition) is 4. The molecule has 0 unspecified atom stereocenters. The summed E-state index contributed by atoms with van der Waals surface area (Å²) >= 11 is 0. The van der Waals surface area contributed by atoms with E-state index in [-0.39, 0.29) is 12.7 Å². The zero-order valence-corrected chi connectivity index (χ0v) is 15.6. The highest BCUT2D eigenvalue weighted by Gasteiger charge is 2.16. The molecule has 1 heterocycles. The van der Waals surface area contributed by atoms with Crippen molar-refractivity contribution in [1.29, 1.82) is 0 Å². The average Bonchev–Trinajstić information content (AvgIpc) is 3.21. The Morgan fingerprint density at radius 1 is 0.964 bits per heavy atom. The van der Waals surface area contributed by atoms with Crippen molar-refractivity contribution in [2.45, 2.75) is 19.6 Å². The molecule has 28 heavy (non-hydrogen) atoms. The lowest BCUT2D eigenvalue weighted by Crippen LogP contribution is -2.35. The van der Waals surface area contributed by atoms with Crippen LogP contribution in [-0.4, -0.2) is 18.8 Å². The fourth-order valence-electron chi connectivity index (χ4n) is 3.00. The van der Waals surface area contributed by atoms with Gasteiger partial charge in [0, 0.05) is 6.54 Å². The number of nitrogens with one attached hydrogen (secondary N) is 1. The van der Waals surface area contributed by atoms with Crippen molar-refractivity contribution in [3.63, 3.8) is 0 Å². The fraction of sp³-hybridized carbons (Fsp3) is 0.174. The molecule has 1 atom stereocenters. The third-order valence-corrected chi connectivity index (χ3v) is 4.55. The molecule has 0 fully saturated rings. The predicted octanol–water partition coefficient (Wildman–Crippen LogP) is 4.17. The van der Waals surface area contributed by atoms with Gasteiger partial charge in [-0.2, -0.15) is 0 Å². The molecule has 0 radical (unpaired) electrons. The minimum atomic E-state index is -0.600. The van der Waals surface area contributed by atoms with Crippen LogP contribution in [0.25, 0.3) is 11.1 Å². The van der Waals surface area contributed by atoms with Crippen LogP contribution in [0, 0.1) is 0 Å². The Balaban J connectivity index is 1.31. The Morgan fingerprint density at radius 3 is 2.46 bits per heavy atom. The molecule has 1 aliphatic rings. The van der Waals surface area contributed by atoms with E-state index in [1.165, 1.54) is 0 Å². The second-order valence-corrected chi connectivity index (χ2v) is 6.56. The van der Waals surface area contributed by atoms with Gasteiger partial charge in [-0.25, -0.2) is 0 Å². The zero-order chi connectivity index (χ0) is 19.3. The number of benzene rings is 3. The van der Waals surface area contributed by atoms with Gasteiger partial charge in [0.15, 0.2) is 17.6 Å². The van der Waals surface area contributed by atoms with Gasteiger partial charge >= 0.3 is 0 Å². The van der Waals surface area contributed by atoms with Crippen molar-refractivity contribution in [3.8, 4) is 28.4 Å². The van der Waals surface area contributed by atoms with Gasteiger partial charge in [-0.1, -0.05) is 48.5 Å². The van der Waals surface area contributed by atoms with Crippen LogP contribution in [0.4, 0.5) is 0 Å².